The van der Waals surface area contributed by atoms with E-state index in [2.05, 4.69) is 79.0 Å². The highest BCUT2D eigenvalue weighted by atomic mass is 14.9. The molecule has 0 amide bonds. The summed E-state index contributed by atoms with van der Waals surface area (Å²) in [5.41, 5.74) is 4.10. The molecule has 1 atom stereocenters. The molecule has 1 unspecified atom stereocenters. The molecule has 0 heterocycles. The van der Waals surface area contributed by atoms with Crippen molar-refractivity contribution in [3.8, 4) is 0 Å². The first-order valence-corrected chi connectivity index (χ1v) is 7.57. The molecule has 106 valence electrons. The summed E-state index contributed by atoms with van der Waals surface area (Å²) in [5, 5.41) is 6.06. The summed E-state index contributed by atoms with van der Waals surface area (Å²) in [6.45, 7) is 2.21. The van der Waals surface area contributed by atoms with Gasteiger partial charge in [-0.15, -0.1) is 0 Å². The molecule has 0 aliphatic carbocycles. The lowest BCUT2D eigenvalue weighted by atomic mass is 9.92. The van der Waals surface area contributed by atoms with Gasteiger partial charge in [-0.25, -0.2) is 0 Å². The number of nitrogens with one attached hydrogen (secondary N) is 1. The van der Waals surface area contributed by atoms with Crippen molar-refractivity contribution in [2.24, 2.45) is 0 Å². The van der Waals surface area contributed by atoms with Crippen LogP contribution in [0, 0.1) is 0 Å². The van der Waals surface area contributed by atoms with E-state index in [-0.39, 0.29) is 6.04 Å². The molecule has 0 bridgehead atoms. The van der Waals surface area contributed by atoms with Gasteiger partial charge in [0.05, 0.1) is 6.04 Å². The second-order valence-electron chi connectivity index (χ2n) is 5.38. The van der Waals surface area contributed by atoms with Crippen molar-refractivity contribution in [2.75, 3.05) is 7.05 Å². The SMILES string of the molecule is CCc1ccccc1C(NC)c1ccc2ccccc2c1. The largest absolute Gasteiger partial charge is 0.309 e. The van der Waals surface area contributed by atoms with E-state index >= 15 is 0 Å². The molecule has 3 aromatic carbocycles. The molecule has 3 aromatic rings. The van der Waals surface area contributed by atoms with Crippen LogP contribution in [0.1, 0.15) is 29.7 Å². The van der Waals surface area contributed by atoms with E-state index < -0.39 is 0 Å². The molecule has 0 aliphatic heterocycles. The van der Waals surface area contributed by atoms with Crippen molar-refractivity contribution >= 4 is 10.8 Å². The molecule has 0 fully saturated rings. The summed E-state index contributed by atoms with van der Waals surface area (Å²) in [7, 11) is 2.03. The van der Waals surface area contributed by atoms with Crippen LogP contribution in [0.4, 0.5) is 0 Å². The summed E-state index contributed by atoms with van der Waals surface area (Å²) in [4.78, 5) is 0. The average molecular weight is 275 g/mol. The first kappa shape index (κ1) is 13.8. The van der Waals surface area contributed by atoms with E-state index in [4.69, 9.17) is 0 Å². The molecule has 0 saturated heterocycles. The molecule has 1 heteroatoms. The fraction of sp³-hybridized carbons (Fsp3) is 0.200. The molecular weight excluding hydrogens is 254 g/mol. The molecule has 1 N–H and O–H groups in total. The first-order chi connectivity index (χ1) is 10.3. The van der Waals surface area contributed by atoms with Crippen molar-refractivity contribution in [2.45, 2.75) is 19.4 Å². The third-order valence-electron chi connectivity index (χ3n) is 4.14. The van der Waals surface area contributed by atoms with E-state index in [1.807, 2.05) is 7.05 Å². The van der Waals surface area contributed by atoms with Gasteiger partial charge in [0.15, 0.2) is 0 Å². The highest BCUT2D eigenvalue weighted by Gasteiger charge is 2.14. The maximum Gasteiger partial charge on any atom is 0.0577 e. The maximum atomic E-state index is 3.47. The predicted octanol–water partition coefficient (Wildman–Crippen LogP) is 4.71. The van der Waals surface area contributed by atoms with Crippen molar-refractivity contribution in [3.63, 3.8) is 0 Å². The van der Waals surface area contributed by atoms with E-state index in [1.54, 1.807) is 0 Å². The lowest BCUT2D eigenvalue weighted by Crippen LogP contribution is -2.19. The van der Waals surface area contributed by atoms with Gasteiger partial charge in [0.25, 0.3) is 0 Å². The Morgan fingerprint density at radius 1 is 0.857 bits per heavy atom. The van der Waals surface area contributed by atoms with Gasteiger partial charge in [-0.2, -0.15) is 0 Å². The zero-order valence-corrected chi connectivity index (χ0v) is 12.6. The summed E-state index contributed by atoms with van der Waals surface area (Å²) < 4.78 is 0. The van der Waals surface area contributed by atoms with E-state index in [1.165, 1.54) is 27.5 Å². The van der Waals surface area contributed by atoms with Gasteiger partial charge >= 0.3 is 0 Å². The Hall–Kier alpha value is -2.12. The number of fused-ring (bicyclic) bond motifs is 1. The monoisotopic (exact) mass is 275 g/mol. The molecule has 21 heavy (non-hydrogen) atoms. The van der Waals surface area contributed by atoms with Crippen molar-refractivity contribution < 1.29 is 0 Å². The molecule has 0 aliphatic rings. The second kappa shape index (κ2) is 6.11. The van der Waals surface area contributed by atoms with E-state index in [9.17, 15) is 0 Å². The summed E-state index contributed by atoms with van der Waals surface area (Å²) in [6.07, 6.45) is 1.06. The van der Waals surface area contributed by atoms with Gasteiger partial charge in [0.2, 0.25) is 0 Å². The van der Waals surface area contributed by atoms with Crippen molar-refractivity contribution in [3.05, 3.63) is 83.4 Å². The number of hydrogen-bond donors (Lipinski definition) is 1. The fourth-order valence-electron chi connectivity index (χ4n) is 3.03. The van der Waals surface area contributed by atoms with Crippen LogP contribution in [0.15, 0.2) is 66.7 Å². The lowest BCUT2D eigenvalue weighted by molar-refractivity contribution is 0.685. The van der Waals surface area contributed by atoms with Crippen molar-refractivity contribution in [1.82, 2.24) is 5.32 Å². The number of hydrogen-bond acceptors (Lipinski definition) is 1. The minimum Gasteiger partial charge on any atom is -0.309 e. The smallest absolute Gasteiger partial charge is 0.0577 e. The Kier molecular flexibility index (Phi) is 4.03. The Labute approximate surface area is 126 Å². The molecule has 0 radical (unpaired) electrons. The van der Waals surface area contributed by atoms with E-state index in [0.717, 1.165) is 6.42 Å². The predicted molar refractivity (Wildman–Crippen MR) is 90.7 cm³/mol. The molecule has 0 spiro atoms. The molecule has 1 nitrogen and oxygen atoms in total. The number of benzene rings is 3. The van der Waals surface area contributed by atoms with Crippen LogP contribution >= 0.6 is 0 Å². The number of rotatable bonds is 4. The zero-order chi connectivity index (χ0) is 14.7. The first-order valence-electron chi connectivity index (χ1n) is 7.57. The van der Waals surface area contributed by atoms with Crippen LogP contribution in [-0.4, -0.2) is 7.05 Å². The fourth-order valence-corrected chi connectivity index (χ4v) is 3.03. The van der Waals surface area contributed by atoms with Crippen LogP contribution in [0.25, 0.3) is 10.8 Å². The van der Waals surface area contributed by atoms with Crippen molar-refractivity contribution in [1.29, 1.82) is 0 Å². The topological polar surface area (TPSA) is 12.0 Å². The van der Waals surface area contributed by atoms with E-state index in [0.29, 0.717) is 0 Å². The Morgan fingerprint density at radius 3 is 2.33 bits per heavy atom. The second-order valence-corrected chi connectivity index (χ2v) is 5.38. The maximum absolute atomic E-state index is 3.47. The quantitative estimate of drug-likeness (QED) is 0.727. The average Bonchev–Trinajstić information content (AvgIpc) is 2.56. The summed E-state index contributed by atoms with van der Waals surface area (Å²) in [6, 6.07) is 24.2. The molecular formula is C20H21N. The van der Waals surface area contributed by atoms with Crippen LogP contribution in [0.2, 0.25) is 0 Å². The van der Waals surface area contributed by atoms with Crippen LogP contribution in [0.5, 0.6) is 0 Å². The third-order valence-corrected chi connectivity index (χ3v) is 4.14. The van der Waals surface area contributed by atoms with Gasteiger partial charge in [-0.05, 0) is 47.0 Å². The molecule has 3 rings (SSSR count). The Morgan fingerprint density at radius 2 is 1.57 bits per heavy atom. The minimum absolute atomic E-state index is 0.241. The lowest BCUT2D eigenvalue weighted by Gasteiger charge is -2.20. The van der Waals surface area contributed by atoms with Crippen LogP contribution < -0.4 is 5.32 Å². The molecule has 0 aromatic heterocycles. The van der Waals surface area contributed by atoms with Gasteiger partial charge in [-0.3, -0.25) is 0 Å². The zero-order valence-electron chi connectivity index (χ0n) is 12.6. The Balaban J connectivity index is 2.09. The van der Waals surface area contributed by atoms with Gasteiger partial charge in [0.1, 0.15) is 0 Å². The van der Waals surface area contributed by atoms with Crippen LogP contribution in [0.3, 0.4) is 0 Å². The minimum atomic E-state index is 0.241. The number of aryl methyl sites for hydroxylation is 1. The third kappa shape index (κ3) is 2.70. The van der Waals surface area contributed by atoms with Crippen LogP contribution in [-0.2, 0) is 6.42 Å². The normalized spacial score (nSPS) is 12.5. The standard InChI is InChI=1S/C20H21N/c1-3-15-8-6-7-11-19(15)20(21-2)18-13-12-16-9-4-5-10-17(16)14-18/h4-14,20-21H,3H2,1-2H3. The van der Waals surface area contributed by atoms with Gasteiger partial charge in [-0.1, -0.05) is 67.6 Å². The summed E-state index contributed by atoms with van der Waals surface area (Å²) in [5.74, 6) is 0. The Bertz CT molecular complexity index is 745. The highest BCUT2D eigenvalue weighted by Crippen LogP contribution is 2.27. The summed E-state index contributed by atoms with van der Waals surface area (Å²) >= 11 is 0. The van der Waals surface area contributed by atoms with Gasteiger partial charge in [0, 0.05) is 0 Å². The molecule has 0 saturated carbocycles. The highest BCUT2D eigenvalue weighted by molar-refractivity contribution is 5.83. The van der Waals surface area contributed by atoms with Gasteiger partial charge < -0.3 is 5.32 Å².